The number of piperidine rings is 1. The molecule has 7 rings (SSSR count). The minimum absolute atomic E-state index is 0.000719. The normalized spacial score (nSPS) is 31.7. The maximum absolute atomic E-state index is 13.5. The average Bonchev–Trinajstić information content (AvgIpc) is 3.64. The van der Waals surface area contributed by atoms with Crippen molar-refractivity contribution in [2.75, 3.05) is 20.2 Å². The van der Waals surface area contributed by atoms with Crippen LogP contribution in [0.25, 0.3) is 6.08 Å². The Hall–Kier alpha value is -2.83. The number of carbonyl (C=O) groups excluding carboxylic acids is 2. The Bertz CT molecular complexity index is 1320. The largest absolute Gasteiger partial charge is 0.493 e. The molecule has 1 spiro atoms. The van der Waals surface area contributed by atoms with E-state index >= 15 is 0 Å². The number of ketones is 1. The van der Waals surface area contributed by atoms with Gasteiger partial charge >= 0.3 is 5.97 Å². The summed E-state index contributed by atoms with van der Waals surface area (Å²) in [5.41, 5.74) is 1.54. The van der Waals surface area contributed by atoms with Gasteiger partial charge < -0.3 is 14.2 Å². The molecule has 1 saturated heterocycles. The van der Waals surface area contributed by atoms with Gasteiger partial charge in [0.1, 0.15) is 5.60 Å². The molecule has 2 saturated carbocycles. The third kappa shape index (κ3) is 3.34. The van der Waals surface area contributed by atoms with Crippen LogP contribution >= 0.6 is 11.6 Å². The van der Waals surface area contributed by atoms with Crippen molar-refractivity contribution in [1.29, 1.82) is 0 Å². The number of ether oxygens (including phenoxy) is 3. The van der Waals surface area contributed by atoms with Gasteiger partial charge in [-0.1, -0.05) is 29.8 Å². The van der Waals surface area contributed by atoms with Gasteiger partial charge in [-0.3, -0.25) is 9.69 Å². The summed E-state index contributed by atoms with van der Waals surface area (Å²) in [5.74, 6) is 1.70. The van der Waals surface area contributed by atoms with Crippen LogP contribution in [0, 0.1) is 5.92 Å². The number of carbonyl (C=O) groups is 2. The van der Waals surface area contributed by atoms with E-state index in [2.05, 4.69) is 11.0 Å². The summed E-state index contributed by atoms with van der Waals surface area (Å²) in [6.45, 7) is 1.88. The van der Waals surface area contributed by atoms with Gasteiger partial charge in [-0.05, 0) is 80.0 Å². The zero-order chi connectivity index (χ0) is 25.4. The maximum atomic E-state index is 13.5. The first kappa shape index (κ1) is 23.3. The molecule has 4 atom stereocenters. The number of likely N-dealkylation sites (tertiary alicyclic amines) is 1. The lowest BCUT2D eigenvalue weighted by molar-refractivity contribution is -0.212. The molecule has 3 aliphatic carbocycles. The molecule has 6 nitrogen and oxygen atoms in total. The predicted molar refractivity (Wildman–Crippen MR) is 139 cm³/mol. The van der Waals surface area contributed by atoms with E-state index in [1.54, 1.807) is 25.3 Å². The molecule has 0 unspecified atom stereocenters. The van der Waals surface area contributed by atoms with E-state index in [9.17, 15) is 9.59 Å². The summed E-state index contributed by atoms with van der Waals surface area (Å²) >= 11 is 6.01. The van der Waals surface area contributed by atoms with Crippen molar-refractivity contribution in [3.05, 3.63) is 64.2 Å². The Kier molecular flexibility index (Phi) is 5.25. The second-order valence-electron chi connectivity index (χ2n) is 11.2. The number of rotatable bonds is 6. The first-order chi connectivity index (χ1) is 17.9. The van der Waals surface area contributed by atoms with Gasteiger partial charge in [0, 0.05) is 29.6 Å². The molecule has 2 bridgehead atoms. The number of hydrogen-bond acceptors (Lipinski definition) is 6. The van der Waals surface area contributed by atoms with E-state index in [0.29, 0.717) is 41.7 Å². The highest BCUT2D eigenvalue weighted by molar-refractivity contribution is 6.30. The van der Waals surface area contributed by atoms with Crippen molar-refractivity contribution in [1.82, 2.24) is 4.90 Å². The van der Waals surface area contributed by atoms with E-state index in [1.807, 2.05) is 18.2 Å². The molecule has 2 aromatic carbocycles. The monoisotopic (exact) mass is 519 g/mol. The molecule has 5 aliphatic rings. The summed E-state index contributed by atoms with van der Waals surface area (Å²) in [6.07, 6.45) is 7.43. The third-order valence-electron chi connectivity index (χ3n) is 9.29. The van der Waals surface area contributed by atoms with Crippen LogP contribution in [0.5, 0.6) is 11.5 Å². The fraction of sp³-hybridized carbons (Fsp3) is 0.467. The number of halogens is 1. The molecule has 2 aliphatic heterocycles. The smallest absolute Gasteiger partial charge is 0.331 e. The lowest BCUT2D eigenvalue weighted by Crippen LogP contribution is -2.77. The fourth-order valence-electron chi connectivity index (χ4n) is 7.54. The van der Waals surface area contributed by atoms with E-state index < -0.39 is 17.1 Å². The molecule has 192 valence electrons. The van der Waals surface area contributed by atoms with E-state index in [0.717, 1.165) is 30.6 Å². The van der Waals surface area contributed by atoms with Gasteiger partial charge in [0.25, 0.3) is 0 Å². The highest BCUT2D eigenvalue weighted by Crippen LogP contribution is 2.66. The SMILES string of the molecule is COc1ccc2c3c1O[C@H]1C(=O)CC[C@@]4(OC(=O)/C=C/c5ccc(Cl)cc5)[C@@H](C2)N(CC2CC2)CC[C@]314. The zero-order valence-electron chi connectivity index (χ0n) is 20.9. The summed E-state index contributed by atoms with van der Waals surface area (Å²) in [5, 5.41) is 0.646. The maximum Gasteiger partial charge on any atom is 0.331 e. The van der Waals surface area contributed by atoms with Crippen LogP contribution < -0.4 is 9.47 Å². The Morgan fingerprint density at radius 1 is 1.19 bits per heavy atom. The third-order valence-corrected chi connectivity index (χ3v) is 9.54. The predicted octanol–water partition coefficient (Wildman–Crippen LogP) is 4.75. The van der Waals surface area contributed by atoms with Crippen LogP contribution in [-0.2, 0) is 26.2 Å². The topological polar surface area (TPSA) is 65.1 Å². The number of esters is 1. The molecular weight excluding hydrogens is 490 g/mol. The summed E-state index contributed by atoms with van der Waals surface area (Å²) in [6, 6.07) is 11.4. The summed E-state index contributed by atoms with van der Waals surface area (Å²) in [7, 11) is 1.63. The van der Waals surface area contributed by atoms with Gasteiger partial charge in [0.15, 0.2) is 23.4 Å². The van der Waals surface area contributed by atoms with Crippen molar-refractivity contribution in [3.63, 3.8) is 0 Å². The molecular formula is C30H30ClNO5. The Morgan fingerprint density at radius 2 is 2.00 bits per heavy atom. The number of methoxy groups -OCH3 is 1. The highest BCUT2D eigenvalue weighted by atomic mass is 35.5. The van der Waals surface area contributed by atoms with Gasteiger partial charge in [-0.25, -0.2) is 4.79 Å². The minimum atomic E-state index is -0.843. The molecule has 0 radical (unpaired) electrons. The standard InChI is InChI=1S/C30H30ClNO5/c1-35-23-10-7-20-16-24-30(37-25(34)11-6-18-4-8-21(31)9-5-18)13-12-22(33)28-29(30,26(20)27(23)36-28)14-15-32(24)17-19-2-3-19/h4-11,19,24,28H,2-3,12-17H2,1H3/b11-6+/t24-,28+,29+,30-/m1/s1. The van der Waals surface area contributed by atoms with Crippen LogP contribution in [-0.4, -0.2) is 54.6 Å². The molecule has 2 heterocycles. The van der Waals surface area contributed by atoms with Crippen LogP contribution in [0.2, 0.25) is 5.02 Å². The first-order valence-corrected chi connectivity index (χ1v) is 13.6. The van der Waals surface area contributed by atoms with E-state index in [1.165, 1.54) is 24.5 Å². The molecule has 2 aromatic rings. The first-order valence-electron chi connectivity index (χ1n) is 13.3. The Morgan fingerprint density at radius 3 is 2.76 bits per heavy atom. The van der Waals surface area contributed by atoms with E-state index in [4.69, 9.17) is 25.8 Å². The molecule has 3 fully saturated rings. The van der Waals surface area contributed by atoms with Crippen molar-refractivity contribution >= 4 is 29.4 Å². The molecule has 0 amide bonds. The summed E-state index contributed by atoms with van der Waals surface area (Å²) in [4.78, 5) is 29.5. The Labute approximate surface area is 221 Å². The zero-order valence-corrected chi connectivity index (χ0v) is 21.6. The lowest BCUT2D eigenvalue weighted by Gasteiger charge is -2.63. The highest BCUT2D eigenvalue weighted by Gasteiger charge is 2.75. The van der Waals surface area contributed by atoms with Crippen molar-refractivity contribution in [3.8, 4) is 11.5 Å². The minimum Gasteiger partial charge on any atom is -0.493 e. The van der Waals surface area contributed by atoms with Crippen LogP contribution in [0.3, 0.4) is 0 Å². The molecule has 0 aromatic heterocycles. The summed E-state index contributed by atoms with van der Waals surface area (Å²) < 4.78 is 18.8. The van der Waals surface area contributed by atoms with Gasteiger partial charge in [-0.15, -0.1) is 0 Å². The van der Waals surface area contributed by atoms with Crippen LogP contribution in [0.1, 0.15) is 48.8 Å². The quantitative estimate of drug-likeness (QED) is 0.405. The average molecular weight is 520 g/mol. The van der Waals surface area contributed by atoms with Gasteiger partial charge in [-0.2, -0.15) is 0 Å². The number of benzene rings is 2. The fourth-order valence-corrected chi connectivity index (χ4v) is 7.67. The van der Waals surface area contributed by atoms with Crippen molar-refractivity contribution in [2.45, 2.75) is 61.7 Å². The van der Waals surface area contributed by atoms with Gasteiger partial charge in [0.2, 0.25) is 0 Å². The molecule has 37 heavy (non-hydrogen) atoms. The van der Waals surface area contributed by atoms with E-state index in [-0.39, 0.29) is 17.8 Å². The number of hydrogen-bond donors (Lipinski definition) is 0. The second kappa shape index (κ2) is 8.34. The second-order valence-corrected chi connectivity index (χ2v) is 11.6. The Balaban J connectivity index is 1.34. The van der Waals surface area contributed by atoms with Crippen LogP contribution in [0.4, 0.5) is 0 Å². The number of nitrogens with zero attached hydrogens (tertiary/aromatic N) is 1. The molecule has 0 N–H and O–H groups in total. The lowest BCUT2D eigenvalue weighted by atomic mass is 9.48. The van der Waals surface area contributed by atoms with Gasteiger partial charge in [0.05, 0.1) is 18.6 Å². The number of Topliss-reactive ketones (excluding diaryl/α,β-unsaturated/α-hetero) is 1. The van der Waals surface area contributed by atoms with Crippen LogP contribution in [0.15, 0.2) is 42.5 Å². The molecule has 7 heteroatoms. The van der Waals surface area contributed by atoms with Crippen molar-refractivity contribution in [2.24, 2.45) is 5.92 Å². The van der Waals surface area contributed by atoms with Crippen molar-refractivity contribution < 1.29 is 23.8 Å².